The molecule has 11 heavy (non-hydrogen) atoms. The molecule has 0 fully saturated rings. The molecule has 0 radical (unpaired) electrons. The molecule has 0 aliphatic carbocycles. The summed E-state index contributed by atoms with van der Waals surface area (Å²) in [5.41, 5.74) is 0. The average Bonchev–Trinajstić information content (AvgIpc) is 2.01. The summed E-state index contributed by atoms with van der Waals surface area (Å²) in [6.07, 6.45) is 0.469. The fourth-order valence-corrected chi connectivity index (χ4v) is 0.793. The van der Waals surface area contributed by atoms with Gasteiger partial charge in [0.25, 0.3) is 0 Å². The van der Waals surface area contributed by atoms with E-state index in [4.69, 9.17) is 10.1 Å². The van der Waals surface area contributed by atoms with Crippen molar-refractivity contribution in [1.29, 1.82) is 5.26 Å². The molecule has 0 aromatic heterocycles. The third kappa shape index (κ3) is 4.77. The summed E-state index contributed by atoms with van der Waals surface area (Å²) in [6.45, 7) is 7.70. The first kappa shape index (κ1) is 10.4. The molecular weight excluding hydrogens is 140 g/mol. The van der Waals surface area contributed by atoms with Crippen LogP contribution in [0.15, 0.2) is 0 Å². The quantitative estimate of drug-likeness (QED) is 0.567. The molecule has 1 unspecified atom stereocenters. The van der Waals surface area contributed by atoms with Crippen molar-refractivity contribution >= 4 is 0 Å². The lowest BCUT2D eigenvalue weighted by Crippen LogP contribution is -2.27. The highest BCUT2D eigenvalue weighted by Gasteiger charge is 2.05. The van der Waals surface area contributed by atoms with Gasteiger partial charge < -0.3 is 0 Å². The lowest BCUT2D eigenvalue weighted by Gasteiger charge is -2.21. The zero-order chi connectivity index (χ0) is 8.69. The maximum absolute atomic E-state index is 8.35. The second-order valence-corrected chi connectivity index (χ2v) is 2.39. The van der Waals surface area contributed by atoms with Crippen LogP contribution in [-0.4, -0.2) is 24.3 Å². The van der Waals surface area contributed by atoms with Crippen molar-refractivity contribution < 1.29 is 4.84 Å². The molecule has 0 aromatic rings. The third-order valence-electron chi connectivity index (χ3n) is 1.41. The predicted octanol–water partition coefficient (Wildman–Crippen LogP) is 1.56. The first-order chi connectivity index (χ1) is 5.24. The zero-order valence-corrected chi connectivity index (χ0v) is 7.50. The van der Waals surface area contributed by atoms with Gasteiger partial charge in [0.15, 0.2) is 0 Å². The van der Waals surface area contributed by atoms with Crippen LogP contribution >= 0.6 is 0 Å². The first-order valence-corrected chi connectivity index (χ1v) is 4.03. The summed E-state index contributed by atoms with van der Waals surface area (Å²) >= 11 is 0. The Morgan fingerprint density at radius 1 is 1.45 bits per heavy atom. The normalized spacial score (nSPS) is 13.0. The van der Waals surface area contributed by atoms with Gasteiger partial charge in [-0.3, -0.25) is 4.84 Å². The van der Waals surface area contributed by atoms with E-state index in [1.807, 2.05) is 25.8 Å². The van der Waals surface area contributed by atoms with Crippen LogP contribution in [0.5, 0.6) is 0 Å². The fourth-order valence-electron chi connectivity index (χ4n) is 0.793. The van der Waals surface area contributed by atoms with Gasteiger partial charge in [0.05, 0.1) is 18.6 Å². The van der Waals surface area contributed by atoms with E-state index in [9.17, 15) is 0 Å². The average molecular weight is 156 g/mol. The van der Waals surface area contributed by atoms with Gasteiger partial charge in [0.2, 0.25) is 0 Å². The molecule has 1 atom stereocenters. The molecule has 0 rings (SSSR count). The minimum atomic E-state index is 0.0138. The highest BCUT2D eigenvalue weighted by molar-refractivity contribution is 4.72. The van der Waals surface area contributed by atoms with E-state index in [0.717, 1.165) is 13.1 Å². The molecule has 0 N–H and O–H groups in total. The topological polar surface area (TPSA) is 36.3 Å². The molecule has 0 saturated heterocycles. The summed E-state index contributed by atoms with van der Waals surface area (Å²) < 4.78 is 0. The Balaban J connectivity index is 3.55. The van der Waals surface area contributed by atoms with Crippen molar-refractivity contribution in [2.45, 2.75) is 33.3 Å². The van der Waals surface area contributed by atoms with E-state index in [2.05, 4.69) is 6.07 Å². The van der Waals surface area contributed by atoms with Crippen molar-refractivity contribution in [3.8, 4) is 6.07 Å². The summed E-state index contributed by atoms with van der Waals surface area (Å²) in [5, 5.41) is 10.2. The van der Waals surface area contributed by atoms with Gasteiger partial charge in [-0.15, -0.1) is 0 Å². The molecule has 3 nitrogen and oxygen atoms in total. The molecule has 0 aliphatic heterocycles. The number of hydroxylamine groups is 2. The van der Waals surface area contributed by atoms with Crippen molar-refractivity contribution in [1.82, 2.24) is 5.06 Å². The third-order valence-corrected chi connectivity index (χ3v) is 1.41. The number of nitriles is 1. The summed E-state index contributed by atoms with van der Waals surface area (Å²) in [6, 6.07) is 2.07. The van der Waals surface area contributed by atoms with Gasteiger partial charge >= 0.3 is 0 Å². The van der Waals surface area contributed by atoms with Gasteiger partial charge in [-0.25, -0.2) is 0 Å². The van der Waals surface area contributed by atoms with Gasteiger partial charge in [-0.2, -0.15) is 10.3 Å². The maximum Gasteiger partial charge on any atom is 0.0894 e. The molecule has 0 saturated carbocycles. The van der Waals surface area contributed by atoms with Crippen molar-refractivity contribution in [3.05, 3.63) is 0 Å². The van der Waals surface area contributed by atoms with Crippen LogP contribution in [0.25, 0.3) is 0 Å². The van der Waals surface area contributed by atoms with Crippen LogP contribution < -0.4 is 0 Å². The molecular formula is C8H16N2O. The van der Waals surface area contributed by atoms with Crippen LogP contribution in [0.2, 0.25) is 0 Å². The SMILES string of the molecule is CCN(CC)OC(C)CC#N. The molecule has 0 aromatic carbocycles. The molecule has 0 heterocycles. The van der Waals surface area contributed by atoms with E-state index in [-0.39, 0.29) is 6.10 Å². The maximum atomic E-state index is 8.35. The number of nitrogens with zero attached hydrogens (tertiary/aromatic N) is 2. The second kappa shape index (κ2) is 6.14. The Labute approximate surface area is 68.5 Å². The smallest absolute Gasteiger partial charge is 0.0894 e. The molecule has 0 spiro atoms. The number of hydrogen-bond acceptors (Lipinski definition) is 3. The molecule has 0 aliphatic rings. The molecule has 0 bridgehead atoms. The number of hydrogen-bond donors (Lipinski definition) is 0. The zero-order valence-electron chi connectivity index (χ0n) is 7.50. The van der Waals surface area contributed by atoms with Crippen LogP contribution in [-0.2, 0) is 4.84 Å². The van der Waals surface area contributed by atoms with Gasteiger partial charge in [-0.1, -0.05) is 13.8 Å². The lowest BCUT2D eigenvalue weighted by atomic mass is 10.3. The van der Waals surface area contributed by atoms with Crippen molar-refractivity contribution in [2.75, 3.05) is 13.1 Å². The highest BCUT2D eigenvalue weighted by Crippen LogP contribution is 1.99. The van der Waals surface area contributed by atoms with E-state index >= 15 is 0 Å². The first-order valence-electron chi connectivity index (χ1n) is 4.03. The molecule has 64 valence electrons. The Morgan fingerprint density at radius 3 is 2.36 bits per heavy atom. The number of rotatable bonds is 5. The van der Waals surface area contributed by atoms with Crippen LogP contribution in [0.3, 0.4) is 0 Å². The Hall–Kier alpha value is -0.590. The Kier molecular flexibility index (Phi) is 5.81. The summed E-state index contributed by atoms with van der Waals surface area (Å²) in [4.78, 5) is 5.40. The standard InChI is InChI=1S/C8H16N2O/c1-4-10(5-2)11-8(3)6-7-9/h8H,4-6H2,1-3H3. The minimum Gasteiger partial charge on any atom is -0.295 e. The van der Waals surface area contributed by atoms with Gasteiger partial charge in [0, 0.05) is 13.1 Å². The minimum absolute atomic E-state index is 0.0138. The second-order valence-electron chi connectivity index (χ2n) is 2.39. The lowest BCUT2D eigenvalue weighted by molar-refractivity contribution is -0.185. The van der Waals surface area contributed by atoms with Crippen molar-refractivity contribution in [2.24, 2.45) is 0 Å². The monoisotopic (exact) mass is 156 g/mol. The van der Waals surface area contributed by atoms with Crippen molar-refractivity contribution in [3.63, 3.8) is 0 Å². The molecule has 0 amide bonds. The van der Waals surface area contributed by atoms with Crippen LogP contribution in [0.1, 0.15) is 27.2 Å². The largest absolute Gasteiger partial charge is 0.295 e. The Morgan fingerprint density at radius 2 is 2.00 bits per heavy atom. The van der Waals surface area contributed by atoms with Crippen LogP contribution in [0, 0.1) is 11.3 Å². The highest BCUT2D eigenvalue weighted by atomic mass is 16.7. The predicted molar refractivity (Wildman–Crippen MR) is 43.7 cm³/mol. The summed E-state index contributed by atoms with van der Waals surface area (Å²) in [7, 11) is 0. The van der Waals surface area contributed by atoms with E-state index in [1.54, 1.807) is 0 Å². The molecule has 3 heteroatoms. The van der Waals surface area contributed by atoms with E-state index in [0.29, 0.717) is 6.42 Å². The van der Waals surface area contributed by atoms with Gasteiger partial charge in [0.1, 0.15) is 0 Å². The Bertz CT molecular complexity index is 127. The fraction of sp³-hybridized carbons (Fsp3) is 0.875. The van der Waals surface area contributed by atoms with E-state index in [1.165, 1.54) is 0 Å². The van der Waals surface area contributed by atoms with E-state index < -0.39 is 0 Å². The summed E-state index contributed by atoms with van der Waals surface area (Å²) in [5.74, 6) is 0. The van der Waals surface area contributed by atoms with Crippen LogP contribution in [0.4, 0.5) is 0 Å². The van der Waals surface area contributed by atoms with Gasteiger partial charge in [-0.05, 0) is 6.92 Å².